The number of hydrogen-bond acceptors (Lipinski definition) is 2. The van der Waals surface area contributed by atoms with Gasteiger partial charge in [0, 0.05) is 22.7 Å². The largest absolute Gasteiger partial charge is 0.418 e. The number of nitrogens with zero attached hydrogens (tertiary/aromatic N) is 1. The molecule has 2 atom stereocenters. The van der Waals surface area contributed by atoms with Crippen molar-refractivity contribution >= 4 is 21.6 Å². The van der Waals surface area contributed by atoms with Gasteiger partial charge in [-0.05, 0) is 50.4 Å². The molecule has 0 bridgehead atoms. The van der Waals surface area contributed by atoms with Crippen LogP contribution in [0.15, 0.2) is 22.7 Å². The third kappa shape index (κ3) is 3.28. The van der Waals surface area contributed by atoms with E-state index in [0.717, 1.165) is 18.9 Å². The van der Waals surface area contributed by atoms with Crippen molar-refractivity contribution in [3.63, 3.8) is 0 Å². The Kier molecular flexibility index (Phi) is 4.64. The lowest BCUT2D eigenvalue weighted by molar-refractivity contribution is -0.137. The van der Waals surface area contributed by atoms with Gasteiger partial charge >= 0.3 is 6.18 Å². The van der Waals surface area contributed by atoms with E-state index in [1.54, 1.807) is 12.1 Å². The first-order valence-electron chi connectivity index (χ1n) is 6.66. The van der Waals surface area contributed by atoms with Crippen molar-refractivity contribution in [2.45, 2.75) is 32.0 Å². The van der Waals surface area contributed by atoms with E-state index < -0.39 is 11.7 Å². The third-order valence-electron chi connectivity index (χ3n) is 3.89. The fourth-order valence-electron chi connectivity index (χ4n) is 2.70. The van der Waals surface area contributed by atoms with E-state index in [1.165, 1.54) is 0 Å². The number of alkyl halides is 3. The van der Waals surface area contributed by atoms with Gasteiger partial charge in [0.1, 0.15) is 0 Å². The van der Waals surface area contributed by atoms with Gasteiger partial charge in [0.05, 0.1) is 5.56 Å². The first kappa shape index (κ1) is 15.6. The molecule has 2 N–H and O–H groups in total. The van der Waals surface area contributed by atoms with Crippen molar-refractivity contribution in [2.75, 3.05) is 18.0 Å². The monoisotopic (exact) mass is 350 g/mol. The molecule has 112 valence electrons. The van der Waals surface area contributed by atoms with Crippen LogP contribution < -0.4 is 10.6 Å². The van der Waals surface area contributed by atoms with E-state index in [2.05, 4.69) is 15.9 Å². The van der Waals surface area contributed by atoms with E-state index in [-0.39, 0.29) is 17.6 Å². The maximum Gasteiger partial charge on any atom is 0.418 e. The van der Waals surface area contributed by atoms with Gasteiger partial charge in [-0.15, -0.1) is 0 Å². The second-order valence-electron chi connectivity index (χ2n) is 5.34. The summed E-state index contributed by atoms with van der Waals surface area (Å²) in [4.78, 5) is 1.84. The lowest BCUT2D eigenvalue weighted by Crippen LogP contribution is -2.44. The zero-order chi connectivity index (χ0) is 14.9. The average molecular weight is 351 g/mol. The number of nitrogens with two attached hydrogens (primary N) is 1. The molecule has 20 heavy (non-hydrogen) atoms. The molecule has 1 aliphatic rings. The number of piperidine rings is 1. The Morgan fingerprint density at radius 3 is 2.65 bits per heavy atom. The van der Waals surface area contributed by atoms with Crippen LogP contribution in [0, 0.1) is 5.92 Å². The van der Waals surface area contributed by atoms with Crippen molar-refractivity contribution < 1.29 is 13.2 Å². The Bertz CT molecular complexity index is 476. The Morgan fingerprint density at radius 1 is 1.35 bits per heavy atom. The molecule has 0 saturated carbocycles. The Hall–Kier alpha value is -0.750. The molecule has 1 aromatic rings. The number of anilines is 1. The van der Waals surface area contributed by atoms with Crippen LogP contribution >= 0.6 is 15.9 Å². The highest BCUT2D eigenvalue weighted by molar-refractivity contribution is 9.10. The molecule has 0 radical (unpaired) electrons. The van der Waals surface area contributed by atoms with Crippen molar-refractivity contribution in [2.24, 2.45) is 11.7 Å². The van der Waals surface area contributed by atoms with Crippen LogP contribution in [0.25, 0.3) is 0 Å². The van der Waals surface area contributed by atoms with Crippen LogP contribution in [0.5, 0.6) is 0 Å². The van der Waals surface area contributed by atoms with E-state index in [9.17, 15) is 13.2 Å². The summed E-state index contributed by atoms with van der Waals surface area (Å²) in [5, 5.41) is 0. The minimum Gasteiger partial charge on any atom is -0.368 e. The van der Waals surface area contributed by atoms with Gasteiger partial charge in [-0.25, -0.2) is 0 Å². The Labute approximate surface area is 125 Å². The summed E-state index contributed by atoms with van der Waals surface area (Å²) in [6, 6.07) is 4.44. The molecule has 2 rings (SSSR count). The van der Waals surface area contributed by atoms with Gasteiger partial charge in [-0.3, -0.25) is 0 Å². The van der Waals surface area contributed by atoms with E-state index in [4.69, 9.17) is 5.73 Å². The fourth-order valence-corrected chi connectivity index (χ4v) is 3.06. The molecule has 0 aromatic heterocycles. The minimum atomic E-state index is -4.35. The second-order valence-corrected chi connectivity index (χ2v) is 6.26. The van der Waals surface area contributed by atoms with Crippen LogP contribution in [-0.4, -0.2) is 19.1 Å². The van der Waals surface area contributed by atoms with E-state index >= 15 is 0 Å². The molecule has 1 fully saturated rings. The maximum absolute atomic E-state index is 13.2. The van der Waals surface area contributed by atoms with Crippen LogP contribution in [0.4, 0.5) is 18.9 Å². The summed E-state index contributed by atoms with van der Waals surface area (Å²) in [5.41, 5.74) is 5.35. The summed E-state index contributed by atoms with van der Waals surface area (Å²) in [5.74, 6) is 0.260. The number of hydrogen-bond donors (Lipinski definition) is 1. The highest BCUT2D eigenvalue weighted by Crippen LogP contribution is 2.40. The second kappa shape index (κ2) is 5.93. The molecule has 0 aliphatic carbocycles. The molecule has 6 heteroatoms. The average Bonchev–Trinajstić information content (AvgIpc) is 2.38. The van der Waals surface area contributed by atoms with Gasteiger partial charge in [0.25, 0.3) is 0 Å². The molecule has 1 aromatic carbocycles. The molecule has 1 aliphatic heterocycles. The van der Waals surface area contributed by atoms with Crippen LogP contribution in [0.2, 0.25) is 0 Å². The van der Waals surface area contributed by atoms with E-state index in [0.29, 0.717) is 17.6 Å². The fraction of sp³-hybridized carbons (Fsp3) is 0.571. The first-order chi connectivity index (χ1) is 9.32. The SMILES string of the molecule is CC1CCC(CN)CN1c1ccc(Br)cc1C(F)(F)F. The molecule has 1 saturated heterocycles. The van der Waals surface area contributed by atoms with Gasteiger partial charge in [0.15, 0.2) is 0 Å². The molecule has 1 heterocycles. The quantitative estimate of drug-likeness (QED) is 0.872. The lowest BCUT2D eigenvalue weighted by atomic mass is 9.92. The topological polar surface area (TPSA) is 29.3 Å². The minimum absolute atomic E-state index is 0.0973. The maximum atomic E-state index is 13.2. The summed E-state index contributed by atoms with van der Waals surface area (Å²) in [7, 11) is 0. The number of rotatable bonds is 2. The summed E-state index contributed by atoms with van der Waals surface area (Å²) in [6.07, 6.45) is -2.50. The summed E-state index contributed by atoms with van der Waals surface area (Å²) < 4.78 is 40.1. The summed E-state index contributed by atoms with van der Waals surface area (Å²) in [6.45, 7) is 3.07. The molecule has 0 amide bonds. The predicted octanol–water partition coefficient (Wildman–Crippen LogP) is 4.03. The third-order valence-corrected chi connectivity index (χ3v) is 4.38. The smallest absolute Gasteiger partial charge is 0.368 e. The van der Waals surface area contributed by atoms with Crippen LogP contribution in [0.3, 0.4) is 0 Å². The molecule has 0 spiro atoms. The molecule has 2 nitrogen and oxygen atoms in total. The Balaban J connectivity index is 2.40. The zero-order valence-electron chi connectivity index (χ0n) is 11.3. The molecule has 2 unspecified atom stereocenters. The van der Waals surface area contributed by atoms with Crippen molar-refractivity contribution in [1.82, 2.24) is 0 Å². The zero-order valence-corrected chi connectivity index (χ0v) is 12.8. The number of halogens is 4. The normalized spacial score (nSPS) is 24.0. The first-order valence-corrected chi connectivity index (χ1v) is 7.45. The molecular weight excluding hydrogens is 333 g/mol. The predicted molar refractivity (Wildman–Crippen MR) is 77.7 cm³/mol. The van der Waals surface area contributed by atoms with Crippen molar-refractivity contribution in [3.05, 3.63) is 28.2 Å². The van der Waals surface area contributed by atoms with Gasteiger partial charge in [-0.1, -0.05) is 15.9 Å². The van der Waals surface area contributed by atoms with Crippen molar-refractivity contribution in [1.29, 1.82) is 0 Å². The van der Waals surface area contributed by atoms with Gasteiger partial charge < -0.3 is 10.6 Å². The summed E-state index contributed by atoms with van der Waals surface area (Å²) >= 11 is 3.11. The molecular formula is C14H18BrF3N2. The van der Waals surface area contributed by atoms with E-state index in [1.807, 2.05) is 11.8 Å². The standard InChI is InChI=1S/C14H18BrF3N2/c1-9-2-3-10(7-19)8-20(9)13-5-4-11(15)6-12(13)14(16,17)18/h4-6,9-10H,2-3,7-8,19H2,1H3. The van der Waals surface area contributed by atoms with Crippen molar-refractivity contribution in [3.8, 4) is 0 Å². The lowest BCUT2D eigenvalue weighted by Gasteiger charge is -2.40. The van der Waals surface area contributed by atoms with Gasteiger partial charge in [-0.2, -0.15) is 13.2 Å². The van der Waals surface area contributed by atoms with Gasteiger partial charge in [0.2, 0.25) is 0 Å². The Morgan fingerprint density at radius 2 is 2.05 bits per heavy atom. The van der Waals surface area contributed by atoms with Crippen LogP contribution in [-0.2, 0) is 6.18 Å². The number of benzene rings is 1. The van der Waals surface area contributed by atoms with Crippen LogP contribution in [0.1, 0.15) is 25.3 Å². The highest BCUT2D eigenvalue weighted by Gasteiger charge is 2.37. The highest BCUT2D eigenvalue weighted by atomic mass is 79.9.